The summed E-state index contributed by atoms with van der Waals surface area (Å²) in [6.45, 7) is 5.11. The molecule has 0 saturated carbocycles. The molecule has 1 aliphatic rings. The molecule has 4 heteroatoms. The van der Waals surface area contributed by atoms with E-state index in [1.807, 2.05) is 18.2 Å². The Morgan fingerprint density at radius 2 is 1.94 bits per heavy atom. The predicted octanol–water partition coefficient (Wildman–Crippen LogP) is 2.64. The van der Waals surface area contributed by atoms with E-state index in [2.05, 4.69) is 28.1 Å². The van der Waals surface area contributed by atoms with Crippen LogP contribution in [0, 0.1) is 6.92 Å². The van der Waals surface area contributed by atoms with Crippen molar-refractivity contribution >= 4 is 0 Å². The minimum atomic E-state index is 0.627. The van der Waals surface area contributed by atoms with Crippen LogP contribution in [0.1, 0.15) is 24.3 Å². The maximum Gasteiger partial charge on any atom is 0.248 e. The van der Waals surface area contributed by atoms with E-state index in [0.717, 1.165) is 36.7 Å². The summed E-state index contributed by atoms with van der Waals surface area (Å²) in [6.07, 6.45) is 2.55. The Hall–Kier alpha value is -1.68. The molecule has 18 heavy (non-hydrogen) atoms. The molecule has 0 atom stereocenters. The molecule has 1 aromatic heterocycles. The van der Waals surface area contributed by atoms with E-state index >= 15 is 0 Å². The Morgan fingerprint density at radius 1 is 1.17 bits per heavy atom. The molecule has 0 N–H and O–H groups in total. The summed E-state index contributed by atoms with van der Waals surface area (Å²) >= 11 is 0. The van der Waals surface area contributed by atoms with Crippen LogP contribution in [-0.2, 0) is 6.54 Å². The van der Waals surface area contributed by atoms with Gasteiger partial charge in [-0.25, -0.2) is 0 Å². The van der Waals surface area contributed by atoms with Gasteiger partial charge >= 0.3 is 0 Å². The van der Waals surface area contributed by atoms with Crippen LogP contribution in [0.4, 0.5) is 0 Å². The van der Waals surface area contributed by atoms with Gasteiger partial charge in [-0.15, -0.1) is 10.2 Å². The van der Waals surface area contributed by atoms with Crippen LogP contribution in [0.2, 0.25) is 0 Å². The van der Waals surface area contributed by atoms with Crippen molar-refractivity contribution in [2.45, 2.75) is 26.3 Å². The Balaban J connectivity index is 1.79. The first-order valence-corrected chi connectivity index (χ1v) is 6.44. The number of rotatable bonds is 3. The highest BCUT2D eigenvalue weighted by Gasteiger charge is 2.16. The van der Waals surface area contributed by atoms with Crippen LogP contribution in [0.25, 0.3) is 11.5 Å². The molecule has 2 heterocycles. The highest BCUT2D eigenvalue weighted by atomic mass is 16.4. The Kier molecular flexibility index (Phi) is 3.11. The van der Waals surface area contributed by atoms with Crippen molar-refractivity contribution in [1.29, 1.82) is 0 Å². The van der Waals surface area contributed by atoms with Crippen LogP contribution >= 0.6 is 0 Å². The van der Waals surface area contributed by atoms with Gasteiger partial charge in [0, 0.05) is 5.56 Å². The topological polar surface area (TPSA) is 42.2 Å². The summed E-state index contributed by atoms with van der Waals surface area (Å²) in [4.78, 5) is 2.36. The summed E-state index contributed by atoms with van der Waals surface area (Å²) in [5.74, 6) is 1.34. The molecule has 0 amide bonds. The zero-order valence-corrected chi connectivity index (χ0v) is 10.6. The first-order valence-electron chi connectivity index (χ1n) is 6.44. The van der Waals surface area contributed by atoms with Crippen molar-refractivity contribution in [2.75, 3.05) is 13.1 Å². The maximum atomic E-state index is 5.75. The molecule has 4 nitrogen and oxygen atoms in total. The van der Waals surface area contributed by atoms with Crippen molar-refractivity contribution < 1.29 is 4.42 Å². The summed E-state index contributed by atoms with van der Waals surface area (Å²) in [7, 11) is 0. The van der Waals surface area contributed by atoms with E-state index in [1.54, 1.807) is 0 Å². The van der Waals surface area contributed by atoms with Crippen molar-refractivity contribution in [3.63, 3.8) is 0 Å². The van der Waals surface area contributed by atoms with E-state index < -0.39 is 0 Å². The zero-order chi connectivity index (χ0) is 12.4. The van der Waals surface area contributed by atoms with Gasteiger partial charge in [0.1, 0.15) is 0 Å². The average molecular weight is 243 g/mol. The van der Waals surface area contributed by atoms with Gasteiger partial charge in [0.05, 0.1) is 6.54 Å². The minimum absolute atomic E-state index is 0.627. The van der Waals surface area contributed by atoms with Gasteiger partial charge in [-0.05, 0) is 44.5 Å². The standard InChI is InChI=1S/C14H17N3O/c1-11-6-2-3-7-12(11)14-16-15-13(18-14)10-17-8-4-5-9-17/h2-3,6-7H,4-5,8-10H2,1H3. The molecule has 1 aliphatic heterocycles. The van der Waals surface area contributed by atoms with Gasteiger partial charge < -0.3 is 4.42 Å². The normalized spacial score (nSPS) is 16.3. The van der Waals surface area contributed by atoms with Gasteiger partial charge in [-0.1, -0.05) is 18.2 Å². The molecule has 0 bridgehead atoms. The third-order valence-electron chi connectivity index (χ3n) is 3.40. The Bertz CT molecular complexity index is 529. The molecule has 1 aromatic carbocycles. The third kappa shape index (κ3) is 2.29. The number of benzene rings is 1. The number of aryl methyl sites for hydroxylation is 1. The molecule has 0 spiro atoms. The summed E-state index contributed by atoms with van der Waals surface area (Å²) in [6, 6.07) is 8.08. The SMILES string of the molecule is Cc1ccccc1-c1nnc(CN2CCCC2)o1. The number of aromatic nitrogens is 2. The second-order valence-corrected chi connectivity index (χ2v) is 4.80. The average Bonchev–Trinajstić information content (AvgIpc) is 3.02. The molecule has 1 saturated heterocycles. The van der Waals surface area contributed by atoms with E-state index in [4.69, 9.17) is 4.42 Å². The highest BCUT2D eigenvalue weighted by molar-refractivity contribution is 5.57. The fourth-order valence-corrected chi connectivity index (χ4v) is 2.37. The maximum absolute atomic E-state index is 5.75. The van der Waals surface area contributed by atoms with Crippen molar-refractivity contribution in [3.05, 3.63) is 35.7 Å². The van der Waals surface area contributed by atoms with Gasteiger partial charge in [-0.2, -0.15) is 0 Å². The fourth-order valence-electron chi connectivity index (χ4n) is 2.37. The summed E-state index contributed by atoms with van der Waals surface area (Å²) in [5, 5.41) is 8.28. The number of hydrogen-bond acceptors (Lipinski definition) is 4. The van der Waals surface area contributed by atoms with Crippen LogP contribution in [0.3, 0.4) is 0 Å². The van der Waals surface area contributed by atoms with E-state index in [-0.39, 0.29) is 0 Å². The number of nitrogens with zero attached hydrogens (tertiary/aromatic N) is 3. The van der Waals surface area contributed by atoms with Crippen LogP contribution in [0.5, 0.6) is 0 Å². The number of hydrogen-bond donors (Lipinski definition) is 0. The monoisotopic (exact) mass is 243 g/mol. The molecular formula is C14H17N3O. The molecule has 94 valence electrons. The van der Waals surface area contributed by atoms with Crippen LogP contribution in [-0.4, -0.2) is 28.2 Å². The van der Waals surface area contributed by atoms with Gasteiger partial charge in [0.15, 0.2) is 0 Å². The van der Waals surface area contributed by atoms with Crippen molar-refractivity contribution in [2.24, 2.45) is 0 Å². The smallest absolute Gasteiger partial charge is 0.248 e. The van der Waals surface area contributed by atoms with Crippen LogP contribution < -0.4 is 0 Å². The second-order valence-electron chi connectivity index (χ2n) is 4.80. The molecule has 0 aliphatic carbocycles. The number of likely N-dealkylation sites (tertiary alicyclic amines) is 1. The lowest BCUT2D eigenvalue weighted by Crippen LogP contribution is -2.18. The third-order valence-corrected chi connectivity index (χ3v) is 3.40. The lowest BCUT2D eigenvalue weighted by atomic mass is 10.1. The first kappa shape index (κ1) is 11.4. The van der Waals surface area contributed by atoms with E-state index in [0.29, 0.717) is 5.89 Å². The molecule has 0 unspecified atom stereocenters. The molecule has 2 aromatic rings. The fraction of sp³-hybridized carbons (Fsp3) is 0.429. The van der Waals surface area contributed by atoms with Crippen molar-refractivity contribution in [1.82, 2.24) is 15.1 Å². The molecule has 0 radical (unpaired) electrons. The van der Waals surface area contributed by atoms with E-state index in [9.17, 15) is 0 Å². The Labute approximate surface area is 107 Å². The van der Waals surface area contributed by atoms with Crippen LogP contribution in [0.15, 0.2) is 28.7 Å². The van der Waals surface area contributed by atoms with Gasteiger partial charge in [0.25, 0.3) is 0 Å². The quantitative estimate of drug-likeness (QED) is 0.831. The largest absolute Gasteiger partial charge is 0.419 e. The minimum Gasteiger partial charge on any atom is -0.419 e. The lowest BCUT2D eigenvalue weighted by molar-refractivity contribution is 0.292. The predicted molar refractivity (Wildman–Crippen MR) is 69.0 cm³/mol. The first-order chi connectivity index (χ1) is 8.83. The second kappa shape index (κ2) is 4.90. The molecule has 3 rings (SSSR count). The zero-order valence-electron chi connectivity index (χ0n) is 10.6. The summed E-state index contributed by atoms with van der Waals surface area (Å²) in [5.41, 5.74) is 2.19. The highest BCUT2D eigenvalue weighted by Crippen LogP contribution is 2.22. The van der Waals surface area contributed by atoms with Gasteiger partial charge in [-0.3, -0.25) is 4.90 Å². The van der Waals surface area contributed by atoms with Crippen molar-refractivity contribution in [3.8, 4) is 11.5 Å². The lowest BCUT2D eigenvalue weighted by Gasteiger charge is -2.10. The summed E-state index contributed by atoms with van der Waals surface area (Å²) < 4.78 is 5.75. The molecule has 1 fully saturated rings. The molecular weight excluding hydrogens is 226 g/mol. The van der Waals surface area contributed by atoms with E-state index in [1.165, 1.54) is 12.8 Å². The Morgan fingerprint density at radius 3 is 2.72 bits per heavy atom. The van der Waals surface area contributed by atoms with Gasteiger partial charge in [0.2, 0.25) is 11.8 Å².